The molecule has 0 unspecified atom stereocenters. The number of furan rings is 1. The molecular formula is C14H16N2O3S. The molecule has 5 nitrogen and oxygen atoms in total. The summed E-state index contributed by atoms with van der Waals surface area (Å²) in [5.74, 6) is 0.720. The number of nitrogens with zero attached hydrogens (tertiary/aromatic N) is 1. The van der Waals surface area contributed by atoms with Gasteiger partial charge in [0, 0.05) is 18.5 Å². The van der Waals surface area contributed by atoms with Crippen molar-refractivity contribution in [3.8, 4) is 10.8 Å². The average molecular weight is 292 g/mol. The van der Waals surface area contributed by atoms with Crippen molar-refractivity contribution in [2.24, 2.45) is 0 Å². The lowest BCUT2D eigenvalue weighted by molar-refractivity contribution is -0.121. The third kappa shape index (κ3) is 3.26. The van der Waals surface area contributed by atoms with Crippen LogP contribution < -0.4 is 5.32 Å². The Kier molecular flexibility index (Phi) is 4.13. The van der Waals surface area contributed by atoms with E-state index in [0.717, 1.165) is 35.9 Å². The first kappa shape index (κ1) is 13.3. The Bertz CT molecular complexity index is 559. The number of hydrogen-bond donors (Lipinski definition) is 1. The number of ether oxygens (including phenoxy) is 1. The predicted molar refractivity (Wildman–Crippen MR) is 75.5 cm³/mol. The fraction of sp³-hybridized carbons (Fsp3) is 0.429. The van der Waals surface area contributed by atoms with Gasteiger partial charge >= 0.3 is 0 Å². The maximum atomic E-state index is 11.8. The quantitative estimate of drug-likeness (QED) is 0.918. The number of rotatable bonds is 5. The lowest BCUT2D eigenvalue weighted by Gasteiger charge is -2.09. The topological polar surface area (TPSA) is 64.4 Å². The standard InChI is InChI=1S/C14H16N2O3S/c17-13(15-8-11-3-1-5-18-11)7-10-9-20-14(16-10)12-4-2-6-19-12/h2,4,6,9,11H,1,3,5,7-8H2,(H,15,17)/t11-/m1/s1. The zero-order chi connectivity index (χ0) is 13.8. The minimum Gasteiger partial charge on any atom is -0.462 e. The molecule has 0 aromatic carbocycles. The first-order valence-corrected chi connectivity index (χ1v) is 7.56. The van der Waals surface area contributed by atoms with E-state index < -0.39 is 0 Å². The van der Waals surface area contributed by atoms with Crippen molar-refractivity contribution in [1.29, 1.82) is 0 Å². The van der Waals surface area contributed by atoms with Crippen LogP contribution in [0.3, 0.4) is 0 Å². The number of aromatic nitrogens is 1. The molecule has 1 aliphatic heterocycles. The van der Waals surface area contributed by atoms with E-state index in [1.807, 2.05) is 17.5 Å². The SMILES string of the molecule is O=C(Cc1csc(-c2ccco2)n1)NC[C@H]1CCCO1. The maximum Gasteiger partial charge on any atom is 0.226 e. The van der Waals surface area contributed by atoms with Crippen LogP contribution in [0.15, 0.2) is 28.2 Å². The number of carbonyl (C=O) groups excluding carboxylic acids is 1. The summed E-state index contributed by atoms with van der Waals surface area (Å²) in [6.07, 6.45) is 4.20. The van der Waals surface area contributed by atoms with Gasteiger partial charge in [-0.25, -0.2) is 4.98 Å². The van der Waals surface area contributed by atoms with Gasteiger partial charge in [0.15, 0.2) is 10.8 Å². The van der Waals surface area contributed by atoms with Gasteiger partial charge < -0.3 is 14.5 Å². The van der Waals surface area contributed by atoms with Crippen molar-refractivity contribution in [2.45, 2.75) is 25.4 Å². The first-order chi connectivity index (χ1) is 9.81. The fourth-order valence-electron chi connectivity index (χ4n) is 2.16. The van der Waals surface area contributed by atoms with Gasteiger partial charge in [0.1, 0.15) is 0 Å². The molecule has 106 valence electrons. The summed E-state index contributed by atoms with van der Waals surface area (Å²) in [4.78, 5) is 16.2. The molecule has 1 fully saturated rings. The third-order valence-corrected chi connectivity index (χ3v) is 4.08. The van der Waals surface area contributed by atoms with E-state index in [1.54, 1.807) is 6.26 Å². The molecule has 20 heavy (non-hydrogen) atoms. The molecule has 1 amide bonds. The number of amides is 1. The van der Waals surface area contributed by atoms with E-state index in [2.05, 4.69) is 10.3 Å². The third-order valence-electron chi connectivity index (χ3n) is 3.18. The molecule has 3 rings (SSSR count). The van der Waals surface area contributed by atoms with E-state index in [1.165, 1.54) is 11.3 Å². The number of nitrogens with one attached hydrogen (secondary N) is 1. The Morgan fingerprint density at radius 2 is 2.50 bits per heavy atom. The van der Waals surface area contributed by atoms with Gasteiger partial charge in [-0.2, -0.15) is 0 Å². The molecular weight excluding hydrogens is 276 g/mol. The van der Waals surface area contributed by atoms with Crippen LogP contribution in [0.2, 0.25) is 0 Å². The lowest BCUT2D eigenvalue weighted by Crippen LogP contribution is -2.32. The maximum absolute atomic E-state index is 11.8. The van der Waals surface area contributed by atoms with Crippen molar-refractivity contribution in [3.63, 3.8) is 0 Å². The Morgan fingerprint density at radius 3 is 3.25 bits per heavy atom. The summed E-state index contributed by atoms with van der Waals surface area (Å²) in [6, 6.07) is 3.69. The molecule has 1 atom stereocenters. The number of carbonyl (C=O) groups is 1. The van der Waals surface area contributed by atoms with E-state index >= 15 is 0 Å². The minimum atomic E-state index is -0.0169. The van der Waals surface area contributed by atoms with Crippen molar-refractivity contribution >= 4 is 17.2 Å². The van der Waals surface area contributed by atoms with E-state index in [4.69, 9.17) is 9.15 Å². The second-order valence-corrected chi connectivity index (χ2v) is 5.60. The summed E-state index contributed by atoms with van der Waals surface area (Å²) in [5, 5.41) is 5.59. The van der Waals surface area contributed by atoms with Crippen LogP contribution in [0.5, 0.6) is 0 Å². The Hall–Kier alpha value is -1.66. The lowest BCUT2D eigenvalue weighted by atomic mass is 10.2. The van der Waals surface area contributed by atoms with Crippen LogP contribution in [0.25, 0.3) is 10.8 Å². The van der Waals surface area contributed by atoms with Gasteiger partial charge in [-0.05, 0) is 25.0 Å². The van der Waals surface area contributed by atoms with Gasteiger partial charge in [0.25, 0.3) is 0 Å². The van der Waals surface area contributed by atoms with Crippen molar-refractivity contribution in [2.75, 3.05) is 13.2 Å². The second kappa shape index (κ2) is 6.19. The molecule has 0 radical (unpaired) electrons. The average Bonchev–Trinajstić information content (AvgIpc) is 3.18. The highest BCUT2D eigenvalue weighted by Gasteiger charge is 2.16. The molecule has 1 aliphatic rings. The summed E-state index contributed by atoms with van der Waals surface area (Å²) in [6.45, 7) is 1.40. The highest BCUT2D eigenvalue weighted by molar-refractivity contribution is 7.13. The molecule has 0 saturated carbocycles. The molecule has 1 N–H and O–H groups in total. The molecule has 0 aliphatic carbocycles. The van der Waals surface area contributed by atoms with Crippen LogP contribution in [-0.4, -0.2) is 30.1 Å². The molecule has 1 saturated heterocycles. The summed E-state index contributed by atoms with van der Waals surface area (Å²) in [5.41, 5.74) is 0.770. The van der Waals surface area contributed by atoms with Crippen LogP contribution in [0, 0.1) is 0 Å². The van der Waals surface area contributed by atoms with Crippen LogP contribution in [-0.2, 0) is 16.0 Å². The summed E-state index contributed by atoms with van der Waals surface area (Å²) in [7, 11) is 0. The van der Waals surface area contributed by atoms with Crippen molar-refractivity contribution in [3.05, 3.63) is 29.5 Å². The molecule has 3 heterocycles. The van der Waals surface area contributed by atoms with Crippen LogP contribution in [0.4, 0.5) is 0 Å². The van der Waals surface area contributed by atoms with Gasteiger partial charge in [-0.15, -0.1) is 11.3 Å². The normalized spacial score (nSPS) is 18.3. The zero-order valence-corrected chi connectivity index (χ0v) is 11.8. The summed E-state index contributed by atoms with van der Waals surface area (Å²) < 4.78 is 10.7. The van der Waals surface area contributed by atoms with Gasteiger partial charge in [0.05, 0.1) is 24.5 Å². The molecule has 0 bridgehead atoms. The van der Waals surface area contributed by atoms with E-state index in [9.17, 15) is 4.79 Å². The first-order valence-electron chi connectivity index (χ1n) is 6.68. The molecule has 2 aromatic rings. The zero-order valence-electron chi connectivity index (χ0n) is 11.0. The highest BCUT2D eigenvalue weighted by Crippen LogP contribution is 2.24. The van der Waals surface area contributed by atoms with Gasteiger partial charge in [0.2, 0.25) is 5.91 Å². The van der Waals surface area contributed by atoms with E-state index in [0.29, 0.717) is 13.0 Å². The second-order valence-electron chi connectivity index (χ2n) is 4.74. The minimum absolute atomic E-state index is 0.0169. The monoisotopic (exact) mass is 292 g/mol. The predicted octanol–water partition coefficient (Wildman–Crippen LogP) is 2.24. The smallest absolute Gasteiger partial charge is 0.226 e. The number of hydrogen-bond acceptors (Lipinski definition) is 5. The van der Waals surface area contributed by atoms with Gasteiger partial charge in [-0.1, -0.05) is 0 Å². The Balaban J connectivity index is 1.51. The fourth-order valence-corrected chi connectivity index (χ4v) is 2.95. The Morgan fingerprint density at radius 1 is 1.55 bits per heavy atom. The van der Waals surface area contributed by atoms with Crippen molar-refractivity contribution in [1.82, 2.24) is 10.3 Å². The van der Waals surface area contributed by atoms with Gasteiger partial charge in [-0.3, -0.25) is 4.79 Å². The van der Waals surface area contributed by atoms with Crippen molar-refractivity contribution < 1.29 is 13.9 Å². The molecule has 2 aromatic heterocycles. The van der Waals surface area contributed by atoms with Crippen LogP contribution >= 0.6 is 11.3 Å². The highest BCUT2D eigenvalue weighted by atomic mass is 32.1. The Labute approximate surface area is 121 Å². The largest absolute Gasteiger partial charge is 0.462 e. The molecule has 6 heteroatoms. The summed E-state index contributed by atoms with van der Waals surface area (Å²) >= 11 is 1.48. The molecule has 0 spiro atoms. The van der Waals surface area contributed by atoms with E-state index in [-0.39, 0.29) is 12.0 Å². The van der Waals surface area contributed by atoms with Crippen LogP contribution in [0.1, 0.15) is 18.5 Å². The number of thiazole rings is 1.